The summed E-state index contributed by atoms with van der Waals surface area (Å²) in [5.74, 6) is -7.53. The van der Waals surface area contributed by atoms with Gasteiger partial charge in [0, 0.05) is 43.4 Å². The molecule has 248 valence electrons. The molecule has 0 atom stereocenters. The number of hydrogen-bond acceptors (Lipinski definition) is 9. The van der Waals surface area contributed by atoms with Gasteiger partial charge in [0.15, 0.2) is 23.0 Å². The van der Waals surface area contributed by atoms with Crippen LogP contribution in [0.15, 0.2) is 114 Å². The predicted octanol–water partition coefficient (Wildman–Crippen LogP) is 9.69. The summed E-state index contributed by atoms with van der Waals surface area (Å²) in [6, 6.07) is 32.7. The monoisotopic (exact) mass is 674 g/mol. The maximum Gasteiger partial charge on any atom is 0.204 e. The zero-order valence-corrected chi connectivity index (χ0v) is 26.4. The molecule has 9 nitrogen and oxygen atoms in total. The summed E-state index contributed by atoms with van der Waals surface area (Å²) >= 11 is 0. The topological polar surface area (TPSA) is 175 Å². The van der Waals surface area contributed by atoms with E-state index in [1.54, 1.807) is 42.5 Å². The van der Waals surface area contributed by atoms with Crippen LogP contribution in [0.2, 0.25) is 0 Å². The second kappa shape index (κ2) is 10.6. The molecule has 0 amide bonds. The Bertz CT molecular complexity index is 2860. The predicted molar refractivity (Wildman–Crippen MR) is 196 cm³/mol. The van der Waals surface area contributed by atoms with E-state index >= 15 is 0 Å². The van der Waals surface area contributed by atoms with Gasteiger partial charge in [-0.3, -0.25) is 0 Å². The molecule has 0 saturated carbocycles. The van der Waals surface area contributed by atoms with Crippen LogP contribution in [-0.2, 0) is 0 Å². The second-order valence-corrected chi connectivity index (χ2v) is 12.4. The zero-order valence-electron chi connectivity index (χ0n) is 26.4. The molecule has 8 N–H and O–H groups in total. The molecular formula is C42H26O9. The fourth-order valence-electron chi connectivity index (χ4n) is 7.45. The van der Waals surface area contributed by atoms with Gasteiger partial charge in [0.2, 0.25) is 23.0 Å². The summed E-state index contributed by atoms with van der Waals surface area (Å²) in [5, 5.41) is 93.2. The Morgan fingerprint density at radius 2 is 0.784 bits per heavy atom. The van der Waals surface area contributed by atoms with Crippen molar-refractivity contribution in [3.63, 3.8) is 0 Å². The Morgan fingerprint density at radius 1 is 0.333 bits per heavy atom. The van der Waals surface area contributed by atoms with Gasteiger partial charge in [-0.2, -0.15) is 0 Å². The standard InChI is InChI=1S/C42H26O9/c43-35-31-29(23-14-7-6-13-22(23)19-9-2-1-3-10-19)32-34(38(46)42(50)40(48)36(32)44)30(33(31)37(45)41(49)39(35)47)24-15-8-16-26-28(24)25-17-20-11-4-5-12-21(20)18-27(25)51-26/h1-18,43-50H. The van der Waals surface area contributed by atoms with Crippen LogP contribution in [0.5, 0.6) is 46.0 Å². The lowest BCUT2D eigenvalue weighted by Crippen LogP contribution is -1.96. The Hall–Kier alpha value is -7.26. The smallest absolute Gasteiger partial charge is 0.204 e. The van der Waals surface area contributed by atoms with Gasteiger partial charge in [0.25, 0.3) is 0 Å². The number of benzene rings is 8. The third-order valence-corrected chi connectivity index (χ3v) is 9.71. The molecule has 0 fully saturated rings. The molecule has 9 rings (SSSR count). The second-order valence-electron chi connectivity index (χ2n) is 12.4. The minimum absolute atomic E-state index is 0.0235. The lowest BCUT2D eigenvalue weighted by atomic mass is 9.81. The van der Waals surface area contributed by atoms with Crippen LogP contribution in [0.4, 0.5) is 0 Å². The first-order chi connectivity index (χ1) is 24.7. The van der Waals surface area contributed by atoms with E-state index in [-0.39, 0.29) is 32.7 Å². The highest BCUT2D eigenvalue weighted by Crippen LogP contribution is 2.63. The molecule has 0 unspecified atom stereocenters. The van der Waals surface area contributed by atoms with Gasteiger partial charge in [-0.25, -0.2) is 0 Å². The number of furan rings is 1. The number of phenols is 8. The highest BCUT2D eigenvalue weighted by atomic mass is 16.4. The molecular weight excluding hydrogens is 648 g/mol. The van der Waals surface area contributed by atoms with Gasteiger partial charge in [0.05, 0.1) is 0 Å². The summed E-state index contributed by atoms with van der Waals surface area (Å²) in [4.78, 5) is 0. The first-order valence-electron chi connectivity index (χ1n) is 15.9. The van der Waals surface area contributed by atoms with Gasteiger partial charge in [0.1, 0.15) is 11.2 Å². The van der Waals surface area contributed by atoms with Crippen LogP contribution in [0.1, 0.15) is 0 Å². The van der Waals surface area contributed by atoms with Crippen molar-refractivity contribution in [2.45, 2.75) is 0 Å². The van der Waals surface area contributed by atoms with Gasteiger partial charge in [-0.05, 0) is 51.2 Å². The van der Waals surface area contributed by atoms with E-state index in [9.17, 15) is 40.9 Å². The maximum absolute atomic E-state index is 11.8. The van der Waals surface area contributed by atoms with E-state index in [0.717, 1.165) is 16.3 Å². The Balaban J connectivity index is 1.58. The number of rotatable bonds is 3. The van der Waals surface area contributed by atoms with Crippen molar-refractivity contribution in [2.24, 2.45) is 0 Å². The molecule has 9 aromatic rings. The van der Waals surface area contributed by atoms with Crippen molar-refractivity contribution in [3.05, 3.63) is 109 Å². The van der Waals surface area contributed by atoms with Crippen LogP contribution in [0.25, 0.3) is 87.6 Å². The number of phenolic OH excluding ortho intramolecular Hbond substituents is 8. The van der Waals surface area contributed by atoms with Crippen LogP contribution in [0.3, 0.4) is 0 Å². The van der Waals surface area contributed by atoms with E-state index in [2.05, 4.69) is 0 Å². The molecule has 0 aliphatic carbocycles. The largest absolute Gasteiger partial charge is 0.504 e. The molecule has 0 bridgehead atoms. The highest BCUT2D eigenvalue weighted by molar-refractivity contribution is 6.32. The third kappa shape index (κ3) is 4.03. The average Bonchev–Trinajstić information content (AvgIpc) is 3.53. The van der Waals surface area contributed by atoms with Gasteiger partial charge >= 0.3 is 0 Å². The molecule has 9 heteroatoms. The highest BCUT2D eigenvalue weighted by Gasteiger charge is 2.33. The minimum Gasteiger partial charge on any atom is -0.504 e. The van der Waals surface area contributed by atoms with Crippen LogP contribution >= 0.6 is 0 Å². The van der Waals surface area contributed by atoms with Crippen LogP contribution < -0.4 is 0 Å². The SMILES string of the molecule is Oc1c(O)c(O)c2c(-c3cccc4oc5cc6ccccc6cc5c34)c3c(O)c(O)c(O)c(O)c3c(-c3ccccc3-c3ccccc3)c2c1O. The maximum atomic E-state index is 11.8. The fourth-order valence-corrected chi connectivity index (χ4v) is 7.45. The number of hydrogen-bond donors (Lipinski definition) is 8. The van der Waals surface area contributed by atoms with Gasteiger partial charge in [-0.1, -0.05) is 91.0 Å². The molecule has 0 saturated heterocycles. The summed E-state index contributed by atoms with van der Waals surface area (Å²) in [7, 11) is 0. The quantitative estimate of drug-likeness (QED) is 0.0515. The van der Waals surface area contributed by atoms with E-state index < -0.39 is 46.0 Å². The normalized spacial score (nSPS) is 11.8. The van der Waals surface area contributed by atoms with E-state index in [0.29, 0.717) is 38.6 Å². The fraction of sp³-hybridized carbons (Fsp3) is 0. The van der Waals surface area contributed by atoms with Crippen molar-refractivity contribution < 1.29 is 45.3 Å². The molecule has 0 spiro atoms. The van der Waals surface area contributed by atoms with E-state index in [1.165, 1.54) is 0 Å². The van der Waals surface area contributed by atoms with Crippen LogP contribution in [-0.4, -0.2) is 40.9 Å². The lowest BCUT2D eigenvalue weighted by molar-refractivity contribution is 0.350. The first kappa shape index (κ1) is 29.8. The number of fused-ring (bicyclic) bond motifs is 6. The summed E-state index contributed by atoms with van der Waals surface area (Å²) < 4.78 is 6.30. The molecule has 51 heavy (non-hydrogen) atoms. The third-order valence-electron chi connectivity index (χ3n) is 9.71. The number of aromatic hydroxyl groups is 8. The first-order valence-corrected chi connectivity index (χ1v) is 15.9. The van der Waals surface area contributed by atoms with E-state index in [4.69, 9.17) is 4.42 Å². The summed E-state index contributed by atoms with van der Waals surface area (Å²) in [6.07, 6.45) is 0. The summed E-state index contributed by atoms with van der Waals surface area (Å²) in [6.45, 7) is 0. The summed E-state index contributed by atoms with van der Waals surface area (Å²) in [5.41, 5.74) is 2.83. The Labute approximate surface area is 287 Å². The Kier molecular flexibility index (Phi) is 6.21. The van der Waals surface area contributed by atoms with E-state index in [1.807, 2.05) is 66.7 Å². The molecule has 8 aromatic carbocycles. The van der Waals surface area contributed by atoms with Crippen LogP contribution in [0, 0.1) is 0 Å². The average molecular weight is 675 g/mol. The molecule has 0 radical (unpaired) electrons. The molecule has 1 heterocycles. The Morgan fingerprint density at radius 3 is 1.35 bits per heavy atom. The molecule has 0 aliphatic rings. The van der Waals surface area contributed by atoms with Gasteiger partial charge < -0.3 is 45.3 Å². The molecule has 1 aromatic heterocycles. The zero-order chi connectivity index (χ0) is 35.3. The lowest BCUT2D eigenvalue weighted by Gasteiger charge is -2.23. The van der Waals surface area contributed by atoms with Crippen molar-refractivity contribution in [1.29, 1.82) is 0 Å². The molecule has 0 aliphatic heterocycles. The minimum atomic E-state index is -1.04. The van der Waals surface area contributed by atoms with Gasteiger partial charge in [-0.15, -0.1) is 0 Å². The van der Waals surface area contributed by atoms with Crippen molar-refractivity contribution >= 4 is 54.3 Å². The van der Waals surface area contributed by atoms with Crippen molar-refractivity contribution in [3.8, 4) is 79.4 Å². The van der Waals surface area contributed by atoms with Crippen molar-refractivity contribution in [1.82, 2.24) is 0 Å². The van der Waals surface area contributed by atoms with Crippen molar-refractivity contribution in [2.75, 3.05) is 0 Å².